The number of benzene rings is 2. The number of hydrogen-bond donors (Lipinski definition) is 2. The number of aliphatic hydroxyl groups is 1. The fourth-order valence-corrected chi connectivity index (χ4v) is 4.27. The van der Waals surface area contributed by atoms with Crippen LogP contribution in [0.4, 0.5) is 0 Å². The quantitative estimate of drug-likeness (QED) is 0.452. The average molecular weight is 420 g/mol. The van der Waals surface area contributed by atoms with E-state index in [1.165, 1.54) is 0 Å². The summed E-state index contributed by atoms with van der Waals surface area (Å²) in [7, 11) is 0. The van der Waals surface area contributed by atoms with Crippen molar-refractivity contribution in [1.82, 2.24) is 0 Å². The molecule has 2 N–H and O–H groups in total. The monoisotopic (exact) mass is 420 g/mol. The van der Waals surface area contributed by atoms with Gasteiger partial charge in [0.25, 0.3) is 0 Å². The van der Waals surface area contributed by atoms with E-state index in [1.54, 1.807) is 25.1 Å². The third-order valence-electron chi connectivity index (χ3n) is 6.33. The van der Waals surface area contributed by atoms with Crippen molar-refractivity contribution in [2.45, 2.75) is 39.9 Å². The van der Waals surface area contributed by atoms with E-state index in [0.29, 0.717) is 16.4 Å². The minimum Gasteiger partial charge on any atom is -0.507 e. The number of aromatic hydroxyl groups is 1. The molecule has 0 saturated carbocycles. The number of hydrogen-bond acceptors (Lipinski definition) is 7. The van der Waals surface area contributed by atoms with E-state index >= 15 is 0 Å². The van der Waals surface area contributed by atoms with Gasteiger partial charge >= 0.3 is 11.3 Å². The molecule has 0 saturated heterocycles. The number of fused-ring (bicyclic) bond motifs is 4. The highest BCUT2D eigenvalue weighted by Crippen LogP contribution is 2.46. The van der Waals surface area contributed by atoms with Gasteiger partial charge in [-0.1, -0.05) is 12.1 Å². The summed E-state index contributed by atoms with van der Waals surface area (Å²) in [5, 5.41) is 22.5. The van der Waals surface area contributed by atoms with Crippen LogP contribution in [0.1, 0.15) is 39.3 Å². The largest absolute Gasteiger partial charge is 0.507 e. The predicted octanol–water partition coefficient (Wildman–Crippen LogP) is 3.68. The zero-order valence-corrected chi connectivity index (χ0v) is 17.4. The van der Waals surface area contributed by atoms with Crippen molar-refractivity contribution in [2.24, 2.45) is 0 Å². The first-order valence-electron chi connectivity index (χ1n) is 9.88. The first kappa shape index (κ1) is 19.4. The summed E-state index contributed by atoms with van der Waals surface area (Å²) in [4.78, 5) is 25.8. The van der Waals surface area contributed by atoms with Gasteiger partial charge in [-0.15, -0.1) is 0 Å². The van der Waals surface area contributed by atoms with Crippen LogP contribution in [0.3, 0.4) is 0 Å². The predicted molar refractivity (Wildman–Crippen MR) is 114 cm³/mol. The summed E-state index contributed by atoms with van der Waals surface area (Å²) in [5.74, 6) is -1.46. The Kier molecular flexibility index (Phi) is 4.04. The molecular formula is C24H20O7. The molecule has 0 radical (unpaired) electrons. The van der Waals surface area contributed by atoms with Crippen molar-refractivity contribution in [1.29, 1.82) is 0 Å². The Morgan fingerprint density at radius 2 is 1.29 bits per heavy atom. The van der Waals surface area contributed by atoms with Crippen LogP contribution in [-0.4, -0.2) is 16.5 Å². The second kappa shape index (κ2) is 6.46. The maximum Gasteiger partial charge on any atom is 0.344 e. The molecule has 2 atom stereocenters. The fourth-order valence-electron chi connectivity index (χ4n) is 4.27. The molecule has 158 valence electrons. The topological polar surface area (TPSA) is 110 Å². The lowest BCUT2D eigenvalue weighted by molar-refractivity contribution is -0.00987. The number of aliphatic hydroxyl groups excluding tert-OH is 1. The van der Waals surface area contributed by atoms with Crippen LogP contribution in [0, 0.1) is 27.7 Å². The molecule has 31 heavy (non-hydrogen) atoms. The lowest BCUT2D eigenvalue weighted by Gasteiger charge is -2.15. The highest BCUT2D eigenvalue weighted by atomic mass is 16.6. The van der Waals surface area contributed by atoms with Gasteiger partial charge < -0.3 is 23.8 Å². The van der Waals surface area contributed by atoms with Gasteiger partial charge in [0.1, 0.15) is 22.7 Å². The SMILES string of the molecule is Cc1ccc2c(O)c(C3c4c(c5ccc(C)c(C)c5oc4=O)OC3O)c(=O)oc2c1C. The molecule has 0 fully saturated rings. The minimum atomic E-state index is -1.57. The molecule has 1 aliphatic rings. The molecule has 0 aliphatic carbocycles. The minimum absolute atomic E-state index is 0.0194. The van der Waals surface area contributed by atoms with Crippen LogP contribution < -0.4 is 16.0 Å². The molecule has 1 aliphatic heterocycles. The van der Waals surface area contributed by atoms with Crippen LogP contribution in [0.15, 0.2) is 42.7 Å². The second-order valence-electron chi connectivity index (χ2n) is 8.04. The van der Waals surface area contributed by atoms with Crippen LogP contribution >= 0.6 is 0 Å². The molecule has 3 heterocycles. The van der Waals surface area contributed by atoms with E-state index in [4.69, 9.17) is 13.6 Å². The molecule has 5 rings (SSSR count). The summed E-state index contributed by atoms with van der Waals surface area (Å²) in [6, 6.07) is 7.03. The van der Waals surface area contributed by atoms with Gasteiger partial charge in [-0.3, -0.25) is 0 Å². The summed E-state index contributed by atoms with van der Waals surface area (Å²) in [6.45, 7) is 7.37. The van der Waals surface area contributed by atoms with Crippen molar-refractivity contribution in [3.8, 4) is 11.5 Å². The number of aryl methyl sites for hydroxylation is 4. The molecule has 2 aromatic heterocycles. The molecule has 7 heteroatoms. The van der Waals surface area contributed by atoms with Gasteiger partial charge in [0.05, 0.1) is 27.8 Å². The zero-order chi connectivity index (χ0) is 22.2. The van der Waals surface area contributed by atoms with E-state index in [9.17, 15) is 19.8 Å². The van der Waals surface area contributed by atoms with Gasteiger partial charge in [-0.05, 0) is 62.1 Å². The van der Waals surface area contributed by atoms with E-state index in [0.717, 1.165) is 22.3 Å². The smallest absolute Gasteiger partial charge is 0.344 e. The van der Waals surface area contributed by atoms with E-state index in [1.807, 2.05) is 26.8 Å². The van der Waals surface area contributed by atoms with Gasteiger partial charge in [0, 0.05) is 0 Å². The Morgan fingerprint density at radius 3 is 1.90 bits per heavy atom. The van der Waals surface area contributed by atoms with Crippen molar-refractivity contribution >= 4 is 21.9 Å². The van der Waals surface area contributed by atoms with Gasteiger partial charge in [-0.2, -0.15) is 0 Å². The molecule has 4 aromatic rings. The summed E-state index contributed by atoms with van der Waals surface area (Å²) < 4.78 is 16.7. The highest BCUT2D eigenvalue weighted by Gasteiger charge is 2.43. The molecule has 2 aromatic carbocycles. The van der Waals surface area contributed by atoms with E-state index < -0.39 is 23.5 Å². The Balaban J connectivity index is 1.84. The molecular weight excluding hydrogens is 400 g/mol. The lowest BCUT2D eigenvalue weighted by atomic mass is 9.91. The molecule has 2 unspecified atom stereocenters. The Labute approximate surface area is 176 Å². The molecule has 0 amide bonds. The first-order valence-corrected chi connectivity index (χ1v) is 9.88. The van der Waals surface area contributed by atoms with Crippen LogP contribution in [0.25, 0.3) is 21.9 Å². The molecule has 0 bridgehead atoms. The molecule has 7 nitrogen and oxygen atoms in total. The lowest BCUT2D eigenvalue weighted by Crippen LogP contribution is -2.26. The Bertz CT molecular complexity index is 1520. The van der Waals surface area contributed by atoms with Crippen molar-refractivity contribution in [2.75, 3.05) is 0 Å². The fraction of sp³-hybridized carbons (Fsp3) is 0.250. The third kappa shape index (κ3) is 2.56. The normalized spacial score (nSPS) is 17.8. The third-order valence-corrected chi connectivity index (χ3v) is 6.33. The van der Waals surface area contributed by atoms with Gasteiger partial charge in [0.2, 0.25) is 6.29 Å². The van der Waals surface area contributed by atoms with Crippen LogP contribution in [-0.2, 0) is 0 Å². The van der Waals surface area contributed by atoms with Crippen molar-refractivity contribution in [3.63, 3.8) is 0 Å². The highest BCUT2D eigenvalue weighted by molar-refractivity contribution is 5.90. The van der Waals surface area contributed by atoms with Gasteiger partial charge in [-0.25, -0.2) is 9.59 Å². The van der Waals surface area contributed by atoms with Crippen LogP contribution in [0.2, 0.25) is 0 Å². The van der Waals surface area contributed by atoms with Gasteiger partial charge in [0.15, 0.2) is 0 Å². The maximum atomic E-state index is 12.9. The molecule has 0 spiro atoms. The summed E-state index contributed by atoms with van der Waals surface area (Å²) >= 11 is 0. The van der Waals surface area contributed by atoms with E-state index in [2.05, 4.69) is 0 Å². The van der Waals surface area contributed by atoms with Crippen molar-refractivity contribution < 1.29 is 23.8 Å². The zero-order valence-electron chi connectivity index (χ0n) is 17.4. The number of rotatable bonds is 1. The van der Waals surface area contributed by atoms with Crippen molar-refractivity contribution in [3.05, 3.63) is 78.5 Å². The van der Waals surface area contributed by atoms with Crippen LogP contribution in [0.5, 0.6) is 11.5 Å². The standard InChI is InChI=1S/C24H20O7/c1-9-5-7-13-18(25)16(23(27)29-19(13)11(9)3)15-17-21(31-22(15)26)14-8-6-10(2)12(4)20(14)30-24(17)28/h5-8,15,22,25-26H,1-4H3. The summed E-state index contributed by atoms with van der Waals surface area (Å²) in [6.07, 6.45) is -1.57. The maximum absolute atomic E-state index is 12.9. The second-order valence-corrected chi connectivity index (χ2v) is 8.04. The first-order chi connectivity index (χ1) is 14.7. The number of ether oxygens (including phenoxy) is 1. The Morgan fingerprint density at radius 1 is 0.774 bits per heavy atom. The van der Waals surface area contributed by atoms with E-state index in [-0.39, 0.29) is 28.2 Å². The Hall–Kier alpha value is -3.58. The summed E-state index contributed by atoms with van der Waals surface area (Å²) in [5.41, 5.74) is 2.10. The average Bonchev–Trinajstić information content (AvgIpc) is 3.06.